The van der Waals surface area contributed by atoms with Crippen molar-refractivity contribution in [2.45, 2.75) is 18.1 Å². The Morgan fingerprint density at radius 2 is 1.58 bits per heavy atom. The molecule has 0 spiro atoms. The molecule has 0 saturated carbocycles. The van der Waals surface area contributed by atoms with Crippen molar-refractivity contribution in [3.05, 3.63) is 96.1 Å². The first-order valence-electron chi connectivity index (χ1n) is 10.4. The van der Waals surface area contributed by atoms with Gasteiger partial charge in [-0.15, -0.1) is 0 Å². The van der Waals surface area contributed by atoms with Crippen LogP contribution in [0.15, 0.2) is 83.9 Å². The van der Waals surface area contributed by atoms with E-state index >= 15 is 0 Å². The molecule has 33 heavy (non-hydrogen) atoms. The number of carbonyl (C=O) groups is 2. The maximum Gasteiger partial charge on any atom is 0.247 e. The van der Waals surface area contributed by atoms with E-state index < -0.39 is 11.1 Å². The number of carbonyl (C=O) groups excluding carboxylic acids is 2. The standard InChI is InChI=1S/C25H21F2N3O2S/c26-18-6-10-20(11-7-18)29-25(28-15-14-17-4-2-1-3-5-17)33-22-16-23(31)30(24(22)32)21-12-8-19(27)9-13-21/h1-13,22H,14-16H2,(H,28,29)/t22-/m0/s1. The Morgan fingerprint density at radius 3 is 2.24 bits per heavy atom. The zero-order valence-electron chi connectivity index (χ0n) is 17.6. The second kappa shape index (κ2) is 10.4. The predicted octanol–water partition coefficient (Wildman–Crippen LogP) is 5.04. The summed E-state index contributed by atoms with van der Waals surface area (Å²) < 4.78 is 26.5. The molecule has 8 heteroatoms. The highest BCUT2D eigenvalue weighted by atomic mass is 32.2. The van der Waals surface area contributed by atoms with Crippen LogP contribution in [0.25, 0.3) is 0 Å². The fourth-order valence-electron chi connectivity index (χ4n) is 3.39. The minimum absolute atomic E-state index is 0.00365. The molecular weight excluding hydrogens is 444 g/mol. The zero-order chi connectivity index (χ0) is 23.2. The number of imide groups is 1. The first-order chi connectivity index (χ1) is 16.0. The molecule has 3 aromatic rings. The molecule has 5 nitrogen and oxygen atoms in total. The number of amidine groups is 1. The Bertz CT molecular complexity index is 1150. The summed E-state index contributed by atoms with van der Waals surface area (Å²) in [5, 5.41) is 2.92. The van der Waals surface area contributed by atoms with Crippen LogP contribution < -0.4 is 10.2 Å². The van der Waals surface area contributed by atoms with Gasteiger partial charge in [0.1, 0.15) is 16.9 Å². The third-order valence-corrected chi connectivity index (χ3v) is 6.15. The van der Waals surface area contributed by atoms with E-state index in [0.717, 1.165) is 22.2 Å². The molecule has 4 rings (SSSR count). The summed E-state index contributed by atoms with van der Waals surface area (Å²) in [5.74, 6) is -1.54. The van der Waals surface area contributed by atoms with Crippen LogP contribution in [-0.4, -0.2) is 28.8 Å². The molecule has 0 radical (unpaired) electrons. The fourth-order valence-corrected chi connectivity index (χ4v) is 4.43. The summed E-state index contributed by atoms with van der Waals surface area (Å²) in [5.41, 5.74) is 2.08. The Kier molecular flexibility index (Phi) is 7.14. The highest BCUT2D eigenvalue weighted by Gasteiger charge is 2.40. The summed E-state index contributed by atoms with van der Waals surface area (Å²) in [6, 6.07) is 20.9. The number of thioether (sulfide) groups is 1. The number of anilines is 2. The van der Waals surface area contributed by atoms with Gasteiger partial charge < -0.3 is 5.32 Å². The first-order valence-corrected chi connectivity index (χ1v) is 11.3. The molecule has 1 aliphatic rings. The number of nitrogens with one attached hydrogen (secondary N) is 1. The van der Waals surface area contributed by atoms with Gasteiger partial charge in [-0.05, 0) is 60.5 Å². The smallest absolute Gasteiger partial charge is 0.247 e. The van der Waals surface area contributed by atoms with Gasteiger partial charge in [0, 0.05) is 18.7 Å². The molecule has 0 bridgehead atoms. The Hall–Kier alpha value is -3.52. The van der Waals surface area contributed by atoms with Crippen LogP contribution in [0.2, 0.25) is 0 Å². The lowest BCUT2D eigenvalue weighted by Gasteiger charge is -2.16. The Labute approximate surface area is 194 Å². The molecular formula is C25H21F2N3O2S. The van der Waals surface area contributed by atoms with Crippen LogP contribution in [0.1, 0.15) is 12.0 Å². The number of aliphatic imine (C=N–C) groups is 1. The predicted molar refractivity (Wildman–Crippen MR) is 127 cm³/mol. The summed E-state index contributed by atoms with van der Waals surface area (Å²) in [6.45, 7) is 0.469. The van der Waals surface area contributed by atoms with Gasteiger partial charge in [-0.3, -0.25) is 14.6 Å². The van der Waals surface area contributed by atoms with Crippen molar-refractivity contribution >= 4 is 40.1 Å². The van der Waals surface area contributed by atoms with Gasteiger partial charge in [0.05, 0.1) is 5.69 Å². The van der Waals surface area contributed by atoms with Crippen LogP contribution in [0.3, 0.4) is 0 Å². The number of hydrogen-bond acceptors (Lipinski definition) is 4. The van der Waals surface area contributed by atoms with Gasteiger partial charge in [0.25, 0.3) is 0 Å². The lowest BCUT2D eigenvalue weighted by molar-refractivity contribution is -0.121. The monoisotopic (exact) mass is 465 g/mol. The third-order valence-electron chi connectivity index (χ3n) is 5.04. The molecule has 0 unspecified atom stereocenters. The summed E-state index contributed by atoms with van der Waals surface area (Å²) in [6.07, 6.45) is 0.707. The molecule has 1 aliphatic heterocycles. The van der Waals surface area contributed by atoms with Crippen molar-refractivity contribution in [2.24, 2.45) is 4.99 Å². The topological polar surface area (TPSA) is 61.8 Å². The number of benzene rings is 3. The number of amides is 2. The minimum atomic E-state index is -0.675. The first kappa shape index (κ1) is 22.7. The number of rotatable bonds is 6. The second-order valence-corrected chi connectivity index (χ2v) is 8.60. The second-order valence-electron chi connectivity index (χ2n) is 7.41. The maximum atomic E-state index is 13.3. The van der Waals surface area contributed by atoms with Crippen LogP contribution in [0.4, 0.5) is 20.2 Å². The van der Waals surface area contributed by atoms with Crippen molar-refractivity contribution in [1.82, 2.24) is 0 Å². The Morgan fingerprint density at radius 1 is 0.939 bits per heavy atom. The van der Waals surface area contributed by atoms with Crippen LogP contribution in [0, 0.1) is 11.6 Å². The molecule has 2 amide bonds. The summed E-state index contributed by atoms with van der Waals surface area (Å²) in [7, 11) is 0. The van der Waals surface area contributed by atoms with Crippen molar-refractivity contribution in [3.8, 4) is 0 Å². The van der Waals surface area contributed by atoms with E-state index in [1.165, 1.54) is 36.4 Å². The number of halogens is 2. The van der Waals surface area contributed by atoms with Gasteiger partial charge in [-0.2, -0.15) is 0 Å². The highest BCUT2D eigenvalue weighted by molar-refractivity contribution is 8.15. The SMILES string of the molecule is O=C1C[C@H](SC(=NCCc2ccccc2)Nc2ccc(F)cc2)C(=O)N1c1ccc(F)cc1. The number of nitrogens with zero attached hydrogens (tertiary/aromatic N) is 2. The molecule has 1 heterocycles. The van der Waals surface area contributed by atoms with E-state index in [9.17, 15) is 18.4 Å². The van der Waals surface area contributed by atoms with Crippen molar-refractivity contribution in [2.75, 3.05) is 16.8 Å². The third kappa shape index (κ3) is 5.84. The summed E-state index contributed by atoms with van der Waals surface area (Å²) in [4.78, 5) is 31.2. The van der Waals surface area contributed by atoms with Crippen molar-refractivity contribution < 1.29 is 18.4 Å². The zero-order valence-corrected chi connectivity index (χ0v) is 18.4. The van der Waals surface area contributed by atoms with E-state index in [-0.39, 0.29) is 24.1 Å². The molecule has 1 fully saturated rings. The van der Waals surface area contributed by atoms with E-state index in [4.69, 9.17) is 0 Å². The molecule has 0 aromatic heterocycles. The molecule has 3 aromatic carbocycles. The molecule has 1 atom stereocenters. The van der Waals surface area contributed by atoms with Gasteiger partial charge >= 0.3 is 0 Å². The van der Waals surface area contributed by atoms with Crippen LogP contribution in [-0.2, 0) is 16.0 Å². The van der Waals surface area contributed by atoms with E-state index in [0.29, 0.717) is 29.5 Å². The molecule has 168 valence electrons. The van der Waals surface area contributed by atoms with E-state index in [1.807, 2.05) is 30.3 Å². The van der Waals surface area contributed by atoms with Crippen LogP contribution in [0.5, 0.6) is 0 Å². The van der Waals surface area contributed by atoms with E-state index in [1.54, 1.807) is 12.1 Å². The van der Waals surface area contributed by atoms with Crippen LogP contribution >= 0.6 is 11.8 Å². The normalized spacial score (nSPS) is 16.4. The minimum Gasteiger partial charge on any atom is -0.335 e. The maximum absolute atomic E-state index is 13.3. The quantitative estimate of drug-likeness (QED) is 0.315. The van der Waals surface area contributed by atoms with Gasteiger partial charge in [0.2, 0.25) is 11.8 Å². The average Bonchev–Trinajstić information content (AvgIpc) is 3.09. The fraction of sp³-hybridized carbons (Fsp3) is 0.160. The highest BCUT2D eigenvalue weighted by Crippen LogP contribution is 2.31. The largest absolute Gasteiger partial charge is 0.335 e. The lowest BCUT2D eigenvalue weighted by atomic mass is 10.2. The molecule has 1 saturated heterocycles. The molecule has 1 N–H and O–H groups in total. The van der Waals surface area contributed by atoms with Gasteiger partial charge in [-0.1, -0.05) is 42.1 Å². The summed E-state index contributed by atoms with van der Waals surface area (Å²) >= 11 is 1.16. The number of hydrogen-bond donors (Lipinski definition) is 1. The van der Waals surface area contributed by atoms with Gasteiger partial charge in [-0.25, -0.2) is 13.7 Å². The van der Waals surface area contributed by atoms with Crippen molar-refractivity contribution in [3.63, 3.8) is 0 Å². The lowest BCUT2D eigenvalue weighted by Crippen LogP contribution is -2.31. The van der Waals surface area contributed by atoms with Gasteiger partial charge in [0.15, 0.2) is 5.17 Å². The molecule has 0 aliphatic carbocycles. The van der Waals surface area contributed by atoms with Crippen molar-refractivity contribution in [1.29, 1.82) is 0 Å². The average molecular weight is 466 g/mol. The Balaban J connectivity index is 1.50. The van der Waals surface area contributed by atoms with E-state index in [2.05, 4.69) is 10.3 Å².